The minimum atomic E-state index is -0.766. The number of carbonyl (C=O) groups excluding carboxylic acids is 1. The summed E-state index contributed by atoms with van der Waals surface area (Å²) in [5.74, 6) is 0.171. The Bertz CT molecular complexity index is 1100. The monoisotopic (exact) mass is 399 g/mol. The van der Waals surface area contributed by atoms with Gasteiger partial charge in [0.2, 0.25) is 5.91 Å². The molecule has 3 aromatic rings. The molecule has 0 spiro atoms. The van der Waals surface area contributed by atoms with Crippen LogP contribution in [0.1, 0.15) is 5.56 Å². The van der Waals surface area contributed by atoms with Crippen LogP contribution in [0.5, 0.6) is 5.75 Å². The van der Waals surface area contributed by atoms with Crippen LogP contribution in [-0.4, -0.2) is 22.2 Å². The molecule has 0 radical (unpaired) electrons. The van der Waals surface area contributed by atoms with Crippen molar-refractivity contribution in [2.75, 3.05) is 12.4 Å². The predicted molar refractivity (Wildman–Crippen MR) is 107 cm³/mol. The third kappa shape index (κ3) is 4.69. The van der Waals surface area contributed by atoms with Crippen molar-refractivity contribution in [3.63, 3.8) is 0 Å². The van der Waals surface area contributed by atoms with Gasteiger partial charge in [-0.3, -0.25) is 19.0 Å². The van der Waals surface area contributed by atoms with Gasteiger partial charge in [-0.15, -0.1) is 0 Å². The van der Waals surface area contributed by atoms with Crippen molar-refractivity contribution >= 4 is 23.2 Å². The van der Waals surface area contributed by atoms with Crippen LogP contribution >= 0.6 is 11.6 Å². The summed E-state index contributed by atoms with van der Waals surface area (Å²) in [6.45, 7) is -0.0326. The van der Waals surface area contributed by atoms with Crippen LogP contribution in [0.15, 0.2) is 70.5 Å². The van der Waals surface area contributed by atoms with Gasteiger partial charge in [0.05, 0.1) is 13.7 Å². The molecule has 2 aromatic carbocycles. The molecule has 0 unspecified atom stereocenters. The second-order valence-corrected chi connectivity index (χ2v) is 6.51. The van der Waals surface area contributed by atoms with E-state index in [1.165, 1.54) is 24.1 Å². The van der Waals surface area contributed by atoms with Gasteiger partial charge in [-0.1, -0.05) is 29.8 Å². The molecule has 0 saturated heterocycles. The zero-order valence-corrected chi connectivity index (χ0v) is 15.8. The Kier molecular flexibility index (Phi) is 5.96. The summed E-state index contributed by atoms with van der Waals surface area (Å²) in [6.07, 6.45) is 2.90. The summed E-state index contributed by atoms with van der Waals surface area (Å²) < 4.78 is 7.47. The first kappa shape index (κ1) is 19.4. The van der Waals surface area contributed by atoms with Crippen molar-refractivity contribution in [3.05, 3.63) is 92.2 Å². The molecule has 0 bridgehead atoms. The third-order valence-electron chi connectivity index (χ3n) is 4.06. The summed E-state index contributed by atoms with van der Waals surface area (Å²) in [7, 11) is 1.53. The van der Waals surface area contributed by atoms with Crippen molar-refractivity contribution < 1.29 is 9.53 Å². The lowest BCUT2D eigenvalue weighted by atomic mass is 10.2. The molecule has 28 heavy (non-hydrogen) atoms. The van der Waals surface area contributed by atoms with Crippen LogP contribution in [0.25, 0.3) is 0 Å². The number of carbonyl (C=O) groups is 1. The highest BCUT2D eigenvalue weighted by Gasteiger charge is 2.10. The van der Waals surface area contributed by atoms with Crippen molar-refractivity contribution in [1.82, 2.24) is 9.13 Å². The average Bonchev–Trinajstić information content (AvgIpc) is 2.69. The number of benzene rings is 2. The highest BCUT2D eigenvalue weighted by Crippen LogP contribution is 2.16. The first-order valence-corrected chi connectivity index (χ1v) is 8.82. The number of rotatable bonds is 6. The number of aromatic nitrogens is 2. The third-order valence-corrected chi connectivity index (χ3v) is 4.32. The van der Waals surface area contributed by atoms with E-state index in [1.54, 1.807) is 48.5 Å². The van der Waals surface area contributed by atoms with E-state index in [2.05, 4.69) is 5.32 Å². The van der Waals surface area contributed by atoms with E-state index in [0.717, 1.165) is 10.1 Å². The molecule has 1 N–H and O–H groups in total. The van der Waals surface area contributed by atoms with Gasteiger partial charge in [0.1, 0.15) is 12.3 Å². The van der Waals surface area contributed by atoms with E-state index in [4.69, 9.17) is 16.3 Å². The highest BCUT2D eigenvalue weighted by atomic mass is 35.5. The summed E-state index contributed by atoms with van der Waals surface area (Å²) in [6, 6.07) is 13.8. The molecule has 1 heterocycles. The van der Waals surface area contributed by atoms with Crippen LogP contribution in [0.2, 0.25) is 5.02 Å². The summed E-state index contributed by atoms with van der Waals surface area (Å²) in [5.41, 5.74) is -0.100. The Hall–Kier alpha value is -3.32. The predicted octanol–water partition coefficient (Wildman–Crippen LogP) is 2.36. The van der Waals surface area contributed by atoms with E-state index in [-0.39, 0.29) is 13.1 Å². The van der Waals surface area contributed by atoms with Gasteiger partial charge in [0.25, 0.3) is 0 Å². The Morgan fingerprint density at radius 1 is 1.04 bits per heavy atom. The molecule has 8 heteroatoms. The molecule has 144 valence electrons. The van der Waals surface area contributed by atoms with Crippen molar-refractivity contribution in [1.29, 1.82) is 0 Å². The topological polar surface area (TPSA) is 82.3 Å². The van der Waals surface area contributed by atoms with Crippen LogP contribution in [0.4, 0.5) is 5.69 Å². The summed E-state index contributed by atoms with van der Waals surface area (Å²) in [4.78, 5) is 36.9. The number of hydrogen-bond donors (Lipinski definition) is 1. The molecule has 0 aliphatic rings. The van der Waals surface area contributed by atoms with Gasteiger partial charge in [0, 0.05) is 29.2 Å². The smallest absolute Gasteiger partial charge is 0.316 e. The maximum atomic E-state index is 12.3. The largest absolute Gasteiger partial charge is 0.497 e. The molecule has 3 rings (SSSR count). The van der Waals surface area contributed by atoms with E-state index in [9.17, 15) is 14.4 Å². The Morgan fingerprint density at radius 3 is 2.43 bits per heavy atom. The molecule has 0 saturated carbocycles. The second kappa shape index (κ2) is 8.58. The molecule has 0 fully saturated rings. The first-order chi connectivity index (χ1) is 13.5. The molecule has 0 aliphatic carbocycles. The normalized spacial score (nSPS) is 10.5. The van der Waals surface area contributed by atoms with E-state index in [0.29, 0.717) is 16.5 Å². The fourth-order valence-corrected chi connectivity index (χ4v) is 2.76. The van der Waals surface area contributed by atoms with E-state index in [1.807, 2.05) is 0 Å². The second-order valence-electron chi connectivity index (χ2n) is 6.07. The Balaban J connectivity index is 1.73. The lowest BCUT2D eigenvalue weighted by molar-refractivity contribution is -0.116. The maximum absolute atomic E-state index is 12.3. The summed E-state index contributed by atoms with van der Waals surface area (Å²) >= 11 is 5.85. The minimum absolute atomic E-state index is 0.238. The lowest BCUT2D eigenvalue weighted by Gasteiger charge is -2.10. The molecule has 0 aliphatic heterocycles. The number of hydrogen-bond acceptors (Lipinski definition) is 4. The lowest BCUT2D eigenvalue weighted by Crippen LogP contribution is -2.42. The summed E-state index contributed by atoms with van der Waals surface area (Å²) in [5, 5.41) is 3.26. The fourth-order valence-electron chi connectivity index (χ4n) is 2.63. The molecule has 1 amide bonds. The van der Waals surface area contributed by atoms with Gasteiger partial charge >= 0.3 is 11.1 Å². The number of nitrogens with zero attached hydrogens (tertiary/aromatic N) is 2. The van der Waals surface area contributed by atoms with Crippen LogP contribution in [0, 0.1) is 0 Å². The van der Waals surface area contributed by atoms with Crippen molar-refractivity contribution in [2.45, 2.75) is 13.1 Å². The highest BCUT2D eigenvalue weighted by molar-refractivity contribution is 6.30. The van der Waals surface area contributed by atoms with Gasteiger partial charge in [-0.05, 0) is 29.8 Å². The SMILES string of the molecule is COc1cccc(NC(=O)Cn2ccn(Cc3ccc(Cl)cc3)c(=O)c2=O)c1. The number of amides is 1. The number of nitrogens with one attached hydrogen (secondary N) is 1. The first-order valence-electron chi connectivity index (χ1n) is 8.44. The molecule has 7 nitrogen and oxygen atoms in total. The van der Waals surface area contributed by atoms with Gasteiger partial charge in [-0.25, -0.2) is 0 Å². The molecular formula is C20H18ClN3O4. The van der Waals surface area contributed by atoms with Crippen LogP contribution in [0.3, 0.4) is 0 Å². The quantitative estimate of drug-likeness (QED) is 0.645. The molecule has 0 atom stereocenters. The van der Waals surface area contributed by atoms with E-state index >= 15 is 0 Å². The zero-order valence-electron chi connectivity index (χ0n) is 15.1. The van der Waals surface area contributed by atoms with Crippen molar-refractivity contribution in [2.24, 2.45) is 0 Å². The standard InChI is InChI=1S/C20H18ClN3O4/c1-28-17-4-2-3-16(11-17)22-18(25)13-24-10-9-23(19(26)20(24)27)12-14-5-7-15(21)8-6-14/h2-11H,12-13H2,1H3,(H,22,25). The van der Waals surface area contributed by atoms with Gasteiger partial charge < -0.3 is 14.6 Å². The van der Waals surface area contributed by atoms with Gasteiger partial charge in [0.15, 0.2) is 0 Å². The molecule has 1 aromatic heterocycles. The number of methoxy groups -OCH3 is 1. The average molecular weight is 400 g/mol. The van der Waals surface area contributed by atoms with E-state index < -0.39 is 17.0 Å². The van der Waals surface area contributed by atoms with Crippen LogP contribution in [-0.2, 0) is 17.9 Å². The Morgan fingerprint density at radius 2 is 1.71 bits per heavy atom. The van der Waals surface area contributed by atoms with Crippen molar-refractivity contribution in [3.8, 4) is 5.75 Å². The fraction of sp³-hybridized carbons (Fsp3) is 0.150. The maximum Gasteiger partial charge on any atom is 0.316 e. The number of halogens is 1. The van der Waals surface area contributed by atoms with Gasteiger partial charge in [-0.2, -0.15) is 0 Å². The molecular weight excluding hydrogens is 382 g/mol. The zero-order chi connectivity index (χ0) is 20.1. The van der Waals surface area contributed by atoms with Crippen LogP contribution < -0.4 is 21.2 Å². The minimum Gasteiger partial charge on any atom is -0.497 e. The Labute approximate surface area is 165 Å². The number of anilines is 1. The number of ether oxygens (including phenoxy) is 1.